The third-order valence-corrected chi connectivity index (χ3v) is 3.99. The zero-order valence-electron chi connectivity index (χ0n) is 14.3. The van der Waals surface area contributed by atoms with Crippen LogP contribution in [0.5, 0.6) is 0 Å². The fourth-order valence-electron chi connectivity index (χ4n) is 2.57. The number of allylic oxidation sites excluding steroid dienone is 1. The van der Waals surface area contributed by atoms with Crippen LogP contribution < -0.4 is 10.6 Å². The molecule has 0 aromatic heterocycles. The van der Waals surface area contributed by atoms with Crippen molar-refractivity contribution in [2.75, 3.05) is 0 Å². The van der Waals surface area contributed by atoms with Crippen LogP contribution in [-0.2, 0) is 9.53 Å². The Morgan fingerprint density at radius 1 is 1.17 bits per heavy atom. The lowest BCUT2D eigenvalue weighted by atomic mass is 9.93. The molecule has 124 valence electrons. The lowest BCUT2D eigenvalue weighted by Gasteiger charge is -2.30. The van der Waals surface area contributed by atoms with Gasteiger partial charge in [-0.2, -0.15) is 0 Å². The van der Waals surface area contributed by atoms with E-state index in [9.17, 15) is 4.79 Å². The van der Waals surface area contributed by atoms with Crippen molar-refractivity contribution in [1.29, 1.82) is 0 Å². The molecular weight excluding hydrogens is 308 g/mol. The minimum atomic E-state index is -0.321. The smallest absolute Gasteiger partial charge is 0.338 e. The molecule has 23 heavy (non-hydrogen) atoms. The summed E-state index contributed by atoms with van der Waals surface area (Å²) in [5, 5.41) is 6.70. The highest BCUT2D eigenvalue weighted by atomic mass is 32.1. The number of carbonyl (C=O) groups excluding carboxylic acids is 1. The van der Waals surface area contributed by atoms with E-state index in [0.29, 0.717) is 16.6 Å². The van der Waals surface area contributed by atoms with Gasteiger partial charge in [0.2, 0.25) is 0 Å². The number of esters is 1. The number of nitrogens with one attached hydrogen (secondary N) is 2. The molecule has 0 amide bonds. The number of hydrogen-bond donors (Lipinski definition) is 2. The van der Waals surface area contributed by atoms with Gasteiger partial charge in [-0.05, 0) is 50.0 Å². The molecule has 1 atom stereocenters. The molecule has 0 spiro atoms. The Morgan fingerprint density at radius 3 is 2.30 bits per heavy atom. The van der Waals surface area contributed by atoms with Gasteiger partial charge in [0.25, 0.3) is 0 Å². The standard InChI is InChI=1S/C18H24N2O2S/c1-10(2)13-6-8-14(9-7-13)16-15(17(21)22-11(3)4)12(5)19-18(23)20-16/h6-11,16H,1-5H3,(H2,19,20,23). The van der Waals surface area contributed by atoms with Gasteiger partial charge in [0.15, 0.2) is 5.11 Å². The van der Waals surface area contributed by atoms with Crippen LogP contribution in [0.3, 0.4) is 0 Å². The number of benzene rings is 1. The van der Waals surface area contributed by atoms with Gasteiger partial charge in [-0.25, -0.2) is 4.79 Å². The van der Waals surface area contributed by atoms with Crippen LogP contribution in [0.4, 0.5) is 0 Å². The monoisotopic (exact) mass is 332 g/mol. The third-order valence-electron chi connectivity index (χ3n) is 3.77. The molecule has 1 heterocycles. The Labute approximate surface area is 143 Å². The molecule has 0 radical (unpaired) electrons. The van der Waals surface area contributed by atoms with Crippen LogP contribution in [-0.4, -0.2) is 17.2 Å². The Balaban J connectivity index is 2.38. The maximum absolute atomic E-state index is 12.5. The zero-order valence-corrected chi connectivity index (χ0v) is 15.1. The minimum Gasteiger partial charge on any atom is -0.459 e. The highest BCUT2D eigenvalue weighted by Crippen LogP contribution is 2.29. The largest absolute Gasteiger partial charge is 0.459 e. The molecule has 2 N–H and O–H groups in total. The average molecular weight is 332 g/mol. The van der Waals surface area contributed by atoms with Gasteiger partial charge in [-0.15, -0.1) is 0 Å². The summed E-state index contributed by atoms with van der Waals surface area (Å²) in [6, 6.07) is 7.96. The summed E-state index contributed by atoms with van der Waals surface area (Å²) in [5.41, 5.74) is 3.56. The van der Waals surface area contributed by atoms with Gasteiger partial charge in [0, 0.05) is 5.70 Å². The Morgan fingerprint density at radius 2 is 1.78 bits per heavy atom. The molecule has 0 bridgehead atoms. The summed E-state index contributed by atoms with van der Waals surface area (Å²) >= 11 is 5.25. The van der Waals surface area contributed by atoms with Crippen molar-refractivity contribution < 1.29 is 9.53 Å². The van der Waals surface area contributed by atoms with Crippen LogP contribution in [0, 0.1) is 0 Å². The quantitative estimate of drug-likeness (QED) is 0.652. The van der Waals surface area contributed by atoms with Gasteiger partial charge in [0.1, 0.15) is 0 Å². The van der Waals surface area contributed by atoms with Crippen molar-refractivity contribution in [1.82, 2.24) is 10.6 Å². The predicted octanol–water partition coefficient (Wildman–Crippen LogP) is 3.55. The van der Waals surface area contributed by atoms with E-state index in [1.54, 1.807) is 0 Å². The fourth-order valence-corrected chi connectivity index (χ4v) is 2.84. The molecular formula is C18H24N2O2S. The van der Waals surface area contributed by atoms with Crippen molar-refractivity contribution in [2.45, 2.75) is 52.7 Å². The summed E-state index contributed by atoms with van der Waals surface area (Å²) in [7, 11) is 0. The molecule has 2 rings (SSSR count). The second-order valence-corrected chi connectivity index (χ2v) is 6.75. The van der Waals surface area contributed by atoms with Crippen molar-refractivity contribution in [3.63, 3.8) is 0 Å². The van der Waals surface area contributed by atoms with E-state index in [2.05, 4.69) is 36.6 Å². The first-order valence-corrected chi connectivity index (χ1v) is 8.29. The fraction of sp³-hybridized carbons (Fsp3) is 0.444. The normalized spacial score (nSPS) is 18.0. The van der Waals surface area contributed by atoms with Gasteiger partial charge in [0.05, 0.1) is 17.7 Å². The van der Waals surface area contributed by atoms with Crippen LogP contribution in [0.2, 0.25) is 0 Å². The first-order chi connectivity index (χ1) is 10.8. The second kappa shape index (κ2) is 7.13. The van der Waals surface area contributed by atoms with E-state index in [1.165, 1.54) is 5.56 Å². The predicted molar refractivity (Wildman–Crippen MR) is 96.1 cm³/mol. The Hall–Kier alpha value is -1.88. The highest BCUT2D eigenvalue weighted by molar-refractivity contribution is 7.80. The molecule has 0 saturated heterocycles. The van der Waals surface area contributed by atoms with Crippen LogP contribution >= 0.6 is 12.2 Å². The number of carbonyl (C=O) groups is 1. The van der Waals surface area contributed by atoms with Crippen molar-refractivity contribution >= 4 is 23.3 Å². The van der Waals surface area contributed by atoms with Crippen LogP contribution in [0.1, 0.15) is 57.7 Å². The van der Waals surface area contributed by atoms with E-state index in [4.69, 9.17) is 17.0 Å². The molecule has 1 unspecified atom stereocenters. The van der Waals surface area contributed by atoms with E-state index in [0.717, 1.165) is 11.3 Å². The molecule has 5 heteroatoms. The third kappa shape index (κ3) is 4.10. The first-order valence-electron chi connectivity index (χ1n) is 7.88. The maximum atomic E-state index is 12.5. The molecule has 1 aromatic carbocycles. The Bertz CT molecular complexity index is 633. The summed E-state index contributed by atoms with van der Waals surface area (Å²) in [5.74, 6) is 0.145. The number of hydrogen-bond acceptors (Lipinski definition) is 3. The summed E-state index contributed by atoms with van der Waals surface area (Å²) in [6.45, 7) is 9.84. The molecule has 0 fully saturated rings. The summed E-state index contributed by atoms with van der Waals surface area (Å²) in [4.78, 5) is 12.5. The van der Waals surface area contributed by atoms with Gasteiger partial charge >= 0.3 is 5.97 Å². The minimum absolute atomic E-state index is 0.166. The van der Waals surface area contributed by atoms with Gasteiger partial charge in [-0.1, -0.05) is 38.1 Å². The summed E-state index contributed by atoms with van der Waals surface area (Å²) in [6.07, 6.45) is -0.166. The van der Waals surface area contributed by atoms with Crippen molar-refractivity contribution in [2.24, 2.45) is 0 Å². The number of ether oxygens (including phenoxy) is 1. The number of rotatable bonds is 4. The lowest BCUT2D eigenvalue weighted by molar-refractivity contribution is -0.143. The zero-order chi connectivity index (χ0) is 17.1. The maximum Gasteiger partial charge on any atom is 0.338 e. The molecule has 0 aliphatic carbocycles. The van der Waals surface area contributed by atoms with E-state index >= 15 is 0 Å². The van der Waals surface area contributed by atoms with Crippen molar-refractivity contribution in [3.8, 4) is 0 Å². The SMILES string of the molecule is CC1=C(C(=O)OC(C)C)C(c2ccc(C(C)C)cc2)NC(=S)N1. The highest BCUT2D eigenvalue weighted by Gasteiger charge is 2.31. The van der Waals surface area contributed by atoms with Crippen LogP contribution in [0.15, 0.2) is 35.5 Å². The molecule has 1 aliphatic rings. The van der Waals surface area contributed by atoms with E-state index in [-0.39, 0.29) is 18.1 Å². The van der Waals surface area contributed by atoms with Crippen molar-refractivity contribution in [3.05, 3.63) is 46.7 Å². The lowest BCUT2D eigenvalue weighted by Crippen LogP contribution is -2.45. The number of thiocarbonyl (C=S) groups is 1. The Kier molecular flexibility index (Phi) is 5.42. The second-order valence-electron chi connectivity index (χ2n) is 6.35. The molecule has 1 aliphatic heterocycles. The average Bonchev–Trinajstić information content (AvgIpc) is 2.45. The van der Waals surface area contributed by atoms with Gasteiger partial charge < -0.3 is 15.4 Å². The van der Waals surface area contributed by atoms with E-state index in [1.807, 2.05) is 32.9 Å². The van der Waals surface area contributed by atoms with E-state index < -0.39 is 0 Å². The topological polar surface area (TPSA) is 50.4 Å². The summed E-state index contributed by atoms with van der Waals surface area (Å²) < 4.78 is 5.39. The molecule has 1 aromatic rings. The first kappa shape index (κ1) is 17.5. The molecule has 0 saturated carbocycles. The van der Waals surface area contributed by atoms with Crippen LogP contribution in [0.25, 0.3) is 0 Å². The van der Waals surface area contributed by atoms with Gasteiger partial charge in [-0.3, -0.25) is 0 Å². The molecule has 4 nitrogen and oxygen atoms in total.